The monoisotopic (exact) mass is 310 g/mol. The van der Waals surface area contributed by atoms with E-state index in [1.807, 2.05) is 7.05 Å². The van der Waals surface area contributed by atoms with Gasteiger partial charge in [-0.2, -0.15) is 0 Å². The van der Waals surface area contributed by atoms with E-state index >= 15 is 0 Å². The largest absolute Gasteiger partial charge is 0.338 e. The molecule has 2 atom stereocenters. The van der Waals surface area contributed by atoms with Gasteiger partial charge in [-0.05, 0) is 37.6 Å². The molecule has 116 valence electrons. The summed E-state index contributed by atoms with van der Waals surface area (Å²) in [5, 5.41) is 3.26. The van der Waals surface area contributed by atoms with E-state index in [1.165, 1.54) is 12.1 Å². The number of hydrogen-bond donors (Lipinski definition) is 1. The topological polar surface area (TPSA) is 66.5 Å². The highest BCUT2D eigenvalue weighted by molar-refractivity contribution is 7.90. The molecule has 0 saturated carbocycles. The van der Waals surface area contributed by atoms with Gasteiger partial charge in [0.1, 0.15) is 0 Å². The molecule has 21 heavy (non-hydrogen) atoms. The minimum atomic E-state index is -3.29. The van der Waals surface area contributed by atoms with Crippen LogP contribution >= 0.6 is 0 Å². The summed E-state index contributed by atoms with van der Waals surface area (Å²) in [6.45, 7) is 3.50. The van der Waals surface area contributed by atoms with Crippen LogP contribution in [0.5, 0.6) is 0 Å². The van der Waals surface area contributed by atoms with Crippen LogP contribution in [-0.2, 0) is 9.84 Å². The molecule has 1 saturated heterocycles. The van der Waals surface area contributed by atoms with E-state index < -0.39 is 9.84 Å². The molecule has 0 radical (unpaired) electrons. The summed E-state index contributed by atoms with van der Waals surface area (Å²) in [6, 6.07) is 6.70. The maximum atomic E-state index is 12.5. The number of carbonyl (C=O) groups is 1. The molecular formula is C15H22N2O3S. The Morgan fingerprint density at radius 1 is 1.38 bits per heavy atom. The van der Waals surface area contributed by atoms with E-state index in [4.69, 9.17) is 0 Å². The highest BCUT2D eigenvalue weighted by Gasteiger charge is 2.28. The van der Waals surface area contributed by atoms with Crippen molar-refractivity contribution < 1.29 is 13.2 Å². The number of benzene rings is 1. The third-order valence-corrected chi connectivity index (χ3v) is 5.18. The van der Waals surface area contributed by atoms with E-state index in [-0.39, 0.29) is 10.8 Å². The van der Waals surface area contributed by atoms with Gasteiger partial charge >= 0.3 is 0 Å². The zero-order valence-electron chi connectivity index (χ0n) is 12.7. The molecule has 6 heteroatoms. The van der Waals surface area contributed by atoms with Crippen LogP contribution in [-0.4, -0.2) is 51.7 Å². The second kappa shape index (κ2) is 6.15. The SMILES string of the molecule is CNC1CCN(C(=O)c2cccc(S(C)(=O)=O)c2)CC1C. The Morgan fingerprint density at radius 2 is 2.10 bits per heavy atom. The van der Waals surface area contributed by atoms with Crippen molar-refractivity contribution >= 4 is 15.7 Å². The van der Waals surface area contributed by atoms with Gasteiger partial charge in [-0.1, -0.05) is 13.0 Å². The molecule has 0 aromatic heterocycles. The van der Waals surface area contributed by atoms with Crippen molar-refractivity contribution in [3.05, 3.63) is 29.8 Å². The molecule has 5 nitrogen and oxygen atoms in total. The van der Waals surface area contributed by atoms with Crippen molar-refractivity contribution in [3.8, 4) is 0 Å². The van der Waals surface area contributed by atoms with Crippen molar-refractivity contribution in [2.75, 3.05) is 26.4 Å². The molecule has 1 fully saturated rings. The summed E-state index contributed by atoms with van der Waals surface area (Å²) >= 11 is 0. The van der Waals surface area contributed by atoms with Gasteiger partial charge in [-0.15, -0.1) is 0 Å². The van der Waals surface area contributed by atoms with Crippen LogP contribution in [0.25, 0.3) is 0 Å². The zero-order valence-corrected chi connectivity index (χ0v) is 13.5. The smallest absolute Gasteiger partial charge is 0.253 e. The molecule has 1 aromatic carbocycles. The average Bonchev–Trinajstić information content (AvgIpc) is 2.45. The number of nitrogens with zero attached hydrogens (tertiary/aromatic N) is 1. The van der Waals surface area contributed by atoms with E-state index in [9.17, 15) is 13.2 Å². The Labute approximate surface area is 126 Å². The lowest BCUT2D eigenvalue weighted by atomic mass is 9.93. The van der Waals surface area contributed by atoms with Gasteiger partial charge < -0.3 is 10.2 Å². The molecule has 1 aliphatic rings. The first-order valence-electron chi connectivity index (χ1n) is 7.09. The Hall–Kier alpha value is -1.40. The number of likely N-dealkylation sites (tertiary alicyclic amines) is 1. The summed E-state index contributed by atoms with van der Waals surface area (Å²) in [6.07, 6.45) is 2.06. The van der Waals surface area contributed by atoms with Crippen LogP contribution in [0.15, 0.2) is 29.2 Å². The van der Waals surface area contributed by atoms with Gasteiger partial charge in [0.15, 0.2) is 9.84 Å². The van der Waals surface area contributed by atoms with E-state index in [0.717, 1.165) is 12.7 Å². The molecule has 1 aromatic rings. The van der Waals surface area contributed by atoms with Gasteiger partial charge in [-0.25, -0.2) is 8.42 Å². The van der Waals surface area contributed by atoms with Crippen molar-refractivity contribution in [2.45, 2.75) is 24.3 Å². The third-order valence-electron chi connectivity index (χ3n) is 4.07. The quantitative estimate of drug-likeness (QED) is 0.910. The maximum absolute atomic E-state index is 12.5. The lowest BCUT2D eigenvalue weighted by Gasteiger charge is -2.36. The number of rotatable bonds is 3. The molecule has 2 rings (SSSR count). The first-order chi connectivity index (χ1) is 9.82. The molecule has 2 unspecified atom stereocenters. The van der Waals surface area contributed by atoms with Crippen molar-refractivity contribution in [2.24, 2.45) is 5.92 Å². The van der Waals surface area contributed by atoms with Gasteiger partial charge in [0.25, 0.3) is 5.91 Å². The molecule has 0 bridgehead atoms. The van der Waals surface area contributed by atoms with Crippen LogP contribution in [0.2, 0.25) is 0 Å². The Bertz CT molecular complexity index is 628. The molecule has 1 N–H and O–H groups in total. The molecule has 1 heterocycles. The molecule has 0 spiro atoms. The van der Waals surface area contributed by atoms with Gasteiger partial charge in [-0.3, -0.25) is 4.79 Å². The fourth-order valence-electron chi connectivity index (χ4n) is 2.80. The Balaban J connectivity index is 2.18. The molecule has 0 aliphatic carbocycles. The number of sulfone groups is 1. The standard InChI is InChI=1S/C15H22N2O3S/c1-11-10-17(8-7-14(11)16-2)15(18)12-5-4-6-13(9-12)21(3,19)20/h4-6,9,11,14,16H,7-8,10H2,1-3H3. The lowest BCUT2D eigenvalue weighted by Crippen LogP contribution is -2.49. The Morgan fingerprint density at radius 3 is 2.67 bits per heavy atom. The Kier molecular flexibility index (Phi) is 4.68. The van der Waals surface area contributed by atoms with Crippen molar-refractivity contribution in [1.29, 1.82) is 0 Å². The number of piperidine rings is 1. The average molecular weight is 310 g/mol. The van der Waals surface area contributed by atoms with Crippen LogP contribution < -0.4 is 5.32 Å². The van der Waals surface area contributed by atoms with Crippen LogP contribution in [0.1, 0.15) is 23.7 Å². The predicted octanol–water partition coefficient (Wildman–Crippen LogP) is 1.16. The molecule has 1 aliphatic heterocycles. The maximum Gasteiger partial charge on any atom is 0.253 e. The van der Waals surface area contributed by atoms with E-state index in [0.29, 0.717) is 30.6 Å². The minimum absolute atomic E-state index is 0.0955. The van der Waals surface area contributed by atoms with Gasteiger partial charge in [0.2, 0.25) is 0 Å². The van der Waals surface area contributed by atoms with Crippen LogP contribution in [0.4, 0.5) is 0 Å². The number of nitrogens with one attached hydrogen (secondary N) is 1. The normalized spacial score (nSPS) is 23.1. The minimum Gasteiger partial charge on any atom is -0.338 e. The second-order valence-electron chi connectivity index (χ2n) is 5.71. The number of amides is 1. The van der Waals surface area contributed by atoms with Crippen molar-refractivity contribution in [3.63, 3.8) is 0 Å². The molecular weight excluding hydrogens is 288 g/mol. The van der Waals surface area contributed by atoms with E-state index in [2.05, 4.69) is 12.2 Å². The van der Waals surface area contributed by atoms with Crippen LogP contribution in [0.3, 0.4) is 0 Å². The third kappa shape index (κ3) is 3.63. The fraction of sp³-hybridized carbons (Fsp3) is 0.533. The first-order valence-corrected chi connectivity index (χ1v) is 8.98. The summed E-state index contributed by atoms with van der Waals surface area (Å²) in [7, 11) is -1.36. The van der Waals surface area contributed by atoms with Crippen LogP contribution in [0, 0.1) is 5.92 Å². The van der Waals surface area contributed by atoms with E-state index in [1.54, 1.807) is 17.0 Å². The van der Waals surface area contributed by atoms with Gasteiger partial charge in [0.05, 0.1) is 4.90 Å². The summed E-state index contributed by atoms with van der Waals surface area (Å²) in [5.74, 6) is 0.285. The highest BCUT2D eigenvalue weighted by atomic mass is 32.2. The zero-order chi connectivity index (χ0) is 15.6. The highest BCUT2D eigenvalue weighted by Crippen LogP contribution is 2.20. The first kappa shape index (κ1) is 16.0. The summed E-state index contributed by atoms with van der Waals surface area (Å²) in [4.78, 5) is 14.5. The summed E-state index contributed by atoms with van der Waals surface area (Å²) < 4.78 is 23.2. The van der Waals surface area contributed by atoms with Crippen molar-refractivity contribution in [1.82, 2.24) is 10.2 Å². The lowest BCUT2D eigenvalue weighted by molar-refractivity contribution is 0.0649. The second-order valence-corrected chi connectivity index (χ2v) is 7.73. The fourth-order valence-corrected chi connectivity index (χ4v) is 3.47. The summed E-state index contributed by atoms with van der Waals surface area (Å²) in [5.41, 5.74) is 0.438. The molecule has 1 amide bonds. The number of carbonyl (C=O) groups excluding carboxylic acids is 1. The predicted molar refractivity (Wildman–Crippen MR) is 82.1 cm³/mol. The number of hydrogen-bond acceptors (Lipinski definition) is 4. The van der Waals surface area contributed by atoms with Gasteiger partial charge in [0, 0.05) is 31.0 Å².